The van der Waals surface area contributed by atoms with Crippen LogP contribution in [0.5, 0.6) is 0 Å². The monoisotopic (exact) mass is 230 g/mol. The van der Waals surface area contributed by atoms with Crippen molar-refractivity contribution in [1.29, 1.82) is 0 Å². The van der Waals surface area contributed by atoms with E-state index in [1.807, 2.05) is 0 Å². The summed E-state index contributed by atoms with van der Waals surface area (Å²) >= 11 is 1.02. The molecule has 0 bridgehead atoms. The van der Waals surface area contributed by atoms with Crippen LogP contribution in [0, 0.1) is 6.92 Å². The molecule has 0 unspecified atom stereocenters. The summed E-state index contributed by atoms with van der Waals surface area (Å²) < 4.78 is 0. The van der Waals surface area contributed by atoms with E-state index < -0.39 is 5.97 Å². The molecule has 1 rings (SSSR count). The van der Waals surface area contributed by atoms with Crippen molar-refractivity contribution in [2.24, 2.45) is 0 Å². The second-order valence-corrected chi connectivity index (χ2v) is 3.66. The number of carbonyl (C=O) groups excluding carboxylic acids is 1. The van der Waals surface area contributed by atoms with Crippen molar-refractivity contribution >= 4 is 29.6 Å². The third kappa shape index (κ3) is 4.45. The van der Waals surface area contributed by atoms with Crippen LogP contribution in [-0.4, -0.2) is 43.7 Å². The molecule has 0 atom stereocenters. The summed E-state index contributed by atoms with van der Waals surface area (Å²) in [6.07, 6.45) is 0. The fraction of sp³-hybridized carbons (Fsp3) is 0.429. The molecule has 0 aliphatic carbocycles. The van der Waals surface area contributed by atoms with Crippen molar-refractivity contribution in [3.8, 4) is 0 Å². The van der Waals surface area contributed by atoms with Crippen LogP contribution in [0.25, 0.3) is 0 Å². The molecule has 0 saturated carbocycles. The fourth-order valence-corrected chi connectivity index (χ4v) is 1.32. The lowest BCUT2D eigenvalue weighted by Gasteiger charge is -1.98. The maximum atomic E-state index is 11.2. The van der Waals surface area contributed by atoms with Gasteiger partial charge >= 0.3 is 5.97 Å². The van der Waals surface area contributed by atoms with Gasteiger partial charge in [-0.2, -0.15) is 4.98 Å². The Balaban J connectivity index is 2.27. The first-order valence-electron chi connectivity index (χ1n) is 4.06. The Kier molecular flexibility index (Phi) is 4.10. The number of hydrogen-bond donors (Lipinski definition) is 3. The zero-order valence-electron chi connectivity index (χ0n) is 7.98. The van der Waals surface area contributed by atoms with Gasteiger partial charge in [0.1, 0.15) is 5.82 Å². The molecule has 3 N–H and O–H groups in total. The van der Waals surface area contributed by atoms with Crippen molar-refractivity contribution in [2.45, 2.75) is 6.92 Å². The van der Waals surface area contributed by atoms with Crippen molar-refractivity contribution in [3.05, 3.63) is 5.82 Å². The molecule has 0 fully saturated rings. The fourth-order valence-electron chi connectivity index (χ4n) is 0.790. The predicted molar refractivity (Wildman–Crippen MR) is 54.7 cm³/mol. The summed E-state index contributed by atoms with van der Waals surface area (Å²) in [5.41, 5.74) is 0. The van der Waals surface area contributed by atoms with Gasteiger partial charge in [0.25, 0.3) is 0 Å². The molecule has 0 spiro atoms. The van der Waals surface area contributed by atoms with Gasteiger partial charge in [0.2, 0.25) is 11.9 Å². The number of aliphatic carboxylic acids is 1. The topological polar surface area (TPSA) is 108 Å². The normalized spacial score (nSPS) is 9.93. The first-order valence-corrected chi connectivity index (χ1v) is 5.22. The standard InChI is InChI=1S/C7H10N4O3S/c1-4-8-7(11-10-4)9-5(12)2-15-3-6(13)14/h2-3H2,1H3,(H,13,14)(H2,8,9,10,11,12). The summed E-state index contributed by atoms with van der Waals surface area (Å²) in [5, 5.41) is 17.0. The number of anilines is 1. The highest BCUT2D eigenvalue weighted by Gasteiger charge is 2.07. The van der Waals surface area contributed by atoms with Crippen LogP contribution < -0.4 is 5.32 Å². The Bertz CT molecular complexity index is 365. The van der Waals surface area contributed by atoms with Gasteiger partial charge in [-0.1, -0.05) is 0 Å². The molecule has 8 heteroatoms. The lowest BCUT2D eigenvalue weighted by molar-refractivity contribution is -0.133. The van der Waals surface area contributed by atoms with E-state index in [0.29, 0.717) is 5.82 Å². The number of nitrogens with one attached hydrogen (secondary N) is 2. The highest BCUT2D eigenvalue weighted by Crippen LogP contribution is 2.02. The molecule has 1 heterocycles. The van der Waals surface area contributed by atoms with Gasteiger partial charge in [-0.15, -0.1) is 16.9 Å². The van der Waals surface area contributed by atoms with Crippen molar-refractivity contribution < 1.29 is 14.7 Å². The zero-order chi connectivity index (χ0) is 11.3. The molecule has 15 heavy (non-hydrogen) atoms. The van der Waals surface area contributed by atoms with Crippen molar-refractivity contribution in [1.82, 2.24) is 15.2 Å². The summed E-state index contributed by atoms with van der Waals surface area (Å²) in [5.74, 6) is -0.487. The quantitative estimate of drug-likeness (QED) is 0.650. The second-order valence-electron chi connectivity index (χ2n) is 2.68. The Hall–Kier alpha value is -1.57. The van der Waals surface area contributed by atoms with E-state index in [1.54, 1.807) is 6.92 Å². The third-order valence-corrected chi connectivity index (χ3v) is 2.22. The number of carboxylic acids is 1. The number of carboxylic acid groups (broad SMARTS) is 1. The van der Waals surface area contributed by atoms with E-state index in [9.17, 15) is 9.59 Å². The molecule has 0 radical (unpaired) electrons. The smallest absolute Gasteiger partial charge is 0.313 e. The van der Waals surface area contributed by atoms with E-state index in [4.69, 9.17) is 5.11 Å². The summed E-state index contributed by atoms with van der Waals surface area (Å²) in [6, 6.07) is 0. The summed E-state index contributed by atoms with van der Waals surface area (Å²) in [4.78, 5) is 25.2. The maximum Gasteiger partial charge on any atom is 0.313 e. The van der Waals surface area contributed by atoms with E-state index >= 15 is 0 Å². The SMILES string of the molecule is Cc1nc(NC(=O)CSCC(=O)O)n[nH]1. The number of amides is 1. The number of rotatable bonds is 5. The number of carbonyl (C=O) groups is 2. The van der Waals surface area contributed by atoms with Gasteiger partial charge in [-0.3, -0.25) is 20.0 Å². The highest BCUT2D eigenvalue weighted by atomic mass is 32.2. The molecular formula is C7H10N4O3S. The first kappa shape index (κ1) is 11.5. The highest BCUT2D eigenvalue weighted by molar-refractivity contribution is 8.00. The van der Waals surface area contributed by atoms with Gasteiger partial charge in [-0.25, -0.2) is 0 Å². The molecule has 7 nitrogen and oxygen atoms in total. The molecule has 1 amide bonds. The van der Waals surface area contributed by atoms with E-state index in [1.165, 1.54) is 0 Å². The maximum absolute atomic E-state index is 11.2. The number of thioether (sulfide) groups is 1. The molecule has 0 saturated heterocycles. The predicted octanol–water partition coefficient (Wildman–Crippen LogP) is -0.131. The van der Waals surface area contributed by atoms with E-state index in [2.05, 4.69) is 20.5 Å². The number of aromatic nitrogens is 3. The molecule has 0 aromatic carbocycles. The van der Waals surface area contributed by atoms with Crippen LogP contribution in [-0.2, 0) is 9.59 Å². The van der Waals surface area contributed by atoms with Crippen LogP contribution in [0.2, 0.25) is 0 Å². The van der Waals surface area contributed by atoms with E-state index in [0.717, 1.165) is 11.8 Å². The number of aromatic amines is 1. The van der Waals surface area contributed by atoms with Crippen LogP contribution in [0.15, 0.2) is 0 Å². The number of nitrogens with zero attached hydrogens (tertiary/aromatic N) is 2. The van der Waals surface area contributed by atoms with Crippen LogP contribution >= 0.6 is 11.8 Å². The lowest BCUT2D eigenvalue weighted by Crippen LogP contribution is -2.16. The lowest BCUT2D eigenvalue weighted by atomic mass is 10.7. The molecule has 1 aromatic rings. The van der Waals surface area contributed by atoms with Gasteiger partial charge < -0.3 is 5.11 Å². The Morgan fingerprint density at radius 2 is 2.27 bits per heavy atom. The van der Waals surface area contributed by atoms with Gasteiger partial charge in [0.15, 0.2) is 0 Å². The van der Waals surface area contributed by atoms with Crippen molar-refractivity contribution in [3.63, 3.8) is 0 Å². The number of H-pyrrole nitrogens is 1. The summed E-state index contributed by atoms with van der Waals surface area (Å²) in [6.45, 7) is 1.71. The first-order chi connectivity index (χ1) is 7.08. The van der Waals surface area contributed by atoms with Crippen LogP contribution in [0.1, 0.15) is 5.82 Å². The Labute approximate surface area is 89.7 Å². The summed E-state index contributed by atoms with van der Waals surface area (Å²) in [7, 11) is 0. The minimum absolute atomic E-state index is 0.0693. The Morgan fingerprint density at radius 3 is 2.80 bits per heavy atom. The van der Waals surface area contributed by atoms with E-state index in [-0.39, 0.29) is 23.4 Å². The Morgan fingerprint density at radius 1 is 1.53 bits per heavy atom. The molecule has 1 aromatic heterocycles. The molecule has 0 aliphatic rings. The van der Waals surface area contributed by atoms with Gasteiger partial charge in [0, 0.05) is 0 Å². The van der Waals surface area contributed by atoms with Crippen LogP contribution in [0.4, 0.5) is 5.95 Å². The number of aryl methyl sites for hydroxylation is 1. The number of hydrogen-bond acceptors (Lipinski definition) is 5. The average molecular weight is 230 g/mol. The largest absolute Gasteiger partial charge is 0.481 e. The second kappa shape index (κ2) is 5.35. The zero-order valence-corrected chi connectivity index (χ0v) is 8.80. The van der Waals surface area contributed by atoms with Gasteiger partial charge in [0.05, 0.1) is 11.5 Å². The average Bonchev–Trinajstić information content (AvgIpc) is 2.50. The third-order valence-electron chi connectivity index (χ3n) is 1.31. The molecular weight excluding hydrogens is 220 g/mol. The van der Waals surface area contributed by atoms with Crippen molar-refractivity contribution in [2.75, 3.05) is 16.8 Å². The minimum atomic E-state index is -0.943. The molecule has 0 aliphatic heterocycles. The van der Waals surface area contributed by atoms with Gasteiger partial charge in [-0.05, 0) is 6.92 Å². The minimum Gasteiger partial charge on any atom is -0.481 e. The van der Waals surface area contributed by atoms with Crippen LogP contribution in [0.3, 0.4) is 0 Å². The molecule has 82 valence electrons.